The molecule has 2 N–H and O–H groups in total. The first-order chi connectivity index (χ1) is 8.69. The number of aryl methyl sites for hydroxylation is 1. The van der Waals surface area contributed by atoms with E-state index in [0.29, 0.717) is 11.7 Å². The Bertz CT molecular complexity index is 512. The maximum Gasteiger partial charge on any atom is 0.131 e. The number of rotatable bonds is 4. The van der Waals surface area contributed by atoms with Crippen LogP contribution in [0.2, 0.25) is 0 Å². The van der Waals surface area contributed by atoms with Crippen LogP contribution in [-0.4, -0.2) is 14.8 Å². The van der Waals surface area contributed by atoms with E-state index in [0.717, 1.165) is 29.8 Å². The Morgan fingerprint density at radius 3 is 2.56 bits per heavy atom. The number of nitrogen functional groups attached to an aromatic ring is 1. The first-order valence-corrected chi connectivity index (χ1v) is 6.42. The Hall–Kier alpha value is -1.84. The van der Waals surface area contributed by atoms with Gasteiger partial charge >= 0.3 is 0 Å². The summed E-state index contributed by atoms with van der Waals surface area (Å²) in [4.78, 5) is 4.40. The molecule has 0 radical (unpaired) electrons. The fourth-order valence-corrected chi connectivity index (χ4v) is 2.29. The normalized spacial score (nSPS) is 11.1. The number of hydrogen-bond acceptors (Lipinski definition) is 3. The van der Waals surface area contributed by atoms with Gasteiger partial charge in [0.1, 0.15) is 5.82 Å². The summed E-state index contributed by atoms with van der Waals surface area (Å²) in [5.74, 6) is 1.13. The summed E-state index contributed by atoms with van der Waals surface area (Å²) in [6.07, 6.45) is 3.91. The van der Waals surface area contributed by atoms with Crippen molar-refractivity contribution < 1.29 is 0 Å². The second-order valence-electron chi connectivity index (χ2n) is 4.50. The second-order valence-corrected chi connectivity index (χ2v) is 4.50. The summed E-state index contributed by atoms with van der Waals surface area (Å²) >= 11 is 0. The molecule has 2 aromatic rings. The molecule has 0 aliphatic heterocycles. The fraction of sp³-hybridized carbons (Fsp3) is 0.429. The van der Waals surface area contributed by atoms with Gasteiger partial charge in [-0.1, -0.05) is 19.9 Å². The van der Waals surface area contributed by atoms with Crippen LogP contribution in [0.15, 0.2) is 24.4 Å². The van der Waals surface area contributed by atoms with Gasteiger partial charge in [-0.25, -0.2) is 0 Å². The van der Waals surface area contributed by atoms with Crippen molar-refractivity contribution in [3.63, 3.8) is 0 Å². The van der Waals surface area contributed by atoms with E-state index in [1.807, 2.05) is 25.2 Å². The molecule has 0 amide bonds. The fourth-order valence-electron chi connectivity index (χ4n) is 2.29. The zero-order valence-electron chi connectivity index (χ0n) is 11.2. The van der Waals surface area contributed by atoms with Gasteiger partial charge in [-0.3, -0.25) is 9.67 Å². The van der Waals surface area contributed by atoms with Crippen molar-refractivity contribution in [2.75, 3.05) is 5.73 Å². The lowest BCUT2D eigenvalue weighted by molar-refractivity contribution is 0.605. The van der Waals surface area contributed by atoms with Crippen LogP contribution in [0.25, 0.3) is 11.3 Å². The molecule has 0 aromatic carbocycles. The van der Waals surface area contributed by atoms with Gasteiger partial charge < -0.3 is 5.73 Å². The largest absolute Gasteiger partial charge is 0.383 e. The van der Waals surface area contributed by atoms with E-state index in [1.165, 1.54) is 0 Å². The summed E-state index contributed by atoms with van der Waals surface area (Å²) in [7, 11) is 1.88. The Morgan fingerprint density at radius 1 is 1.28 bits per heavy atom. The van der Waals surface area contributed by atoms with Crippen LogP contribution in [0.4, 0.5) is 5.82 Å². The number of hydrogen-bond donors (Lipinski definition) is 1. The molecule has 18 heavy (non-hydrogen) atoms. The van der Waals surface area contributed by atoms with Gasteiger partial charge in [0.15, 0.2) is 0 Å². The average molecular weight is 244 g/mol. The first kappa shape index (κ1) is 12.6. The van der Waals surface area contributed by atoms with Crippen LogP contribution in [-0.2, 0) is 7.05 Å². The van der Waals surface area contributed by atoms with Gasteiger partial charge in [-0.15, -0.1) is 0 Å². The van der Waals surface area contributed by atoms with Crippen molar-refractivity contribution in [3.05, 3.63) is 30.1 Å². The molecule has 0 saturated carbocycles. The van der Waals surface area contributed by atoms with Crippen molar-refractivity contribution in [2.45, 2.75) is 32.6 Å². The van der Waals surface area contributed by atoms with Crippen molar-refractivity contribution in [1.29, 1.82) is 0 Å². The summed E-state index contributed by atoms with van der Waals surface area (Å²) in [6, 6.07) is 5.87. The second kappa shape index (κ2) is 5.21. The maximum absolute atomic E-state index is 6.14. The van der Waals surface area contributed by atoms with E-state index in [1.54, 1.807) is 10.9 Å². The molecule has 2 rings (SSSR count). The summed E-state index contributed by atoms with van der Waals surface area (Å²) < 4.78 is 1.75. The first-order valence-electron chi connectivity index (χ1n) is 6.42. The lowest BCUT2D eigenvalue weighted by Crippen LogP contribution is -2.00. The van der Waals surface area contributed by atoms with Crippen LogP contribution in [0.5, 0.6) is 0 Å². The molecule has 4 nitrogen and oxygen atoms in total. The number of nitrogens with two attached hydrogens (primary N) is 1. The number of pyridine rings is 1. The van der Waals surface area contributed by atoms with Gasteiger partial charge in [-0.05, 0) is 25.0 Å². The Kier molecular flexibility index (Phi) is 3.65. The lowest BCUT2D eigenvalue weighted by atomic mass is 9.95. The minimum absolute atomic E-state index is 0.436. The predicted octanol–water partition coefficient (Wildman–Crippen LogP) is 2.97. The van der Waals surface area contributed by atoms with Gasteiger partial charge in [0.25, 0.3) is 0 Å². The molecular formula is C14H20N4. The molecular weight excluding hydrogens is 224 g/mol. The third kappa shape index (κ3) is 2.10. The van der Waals surface area contributed by atoms with E-state index in [2.05, 4.69) is 23.9 Å². The topological polar surface area (TPSA) is 56.7 Å². The molecule has 96 valence electrons. The molecule has 2 aromatic heterocycles. The zero-order chi connectivity index (χ0) is 13.1. The molecule has 2 heterocycles. The highest BCUT2D eigenvalue weighted by atomic mass is 15.3. The average Bonchev–Trinajstić information content (AvgIpc) is 2.68. The molecule has 0 aliphatic rings. The van der Waals surface area contributed by atoms with Crippen LogP contribution in [0.3, 0.4) is 0 Å². The van der Waals surface area contributed by atoms with E-state index in [-0.39, 0.29) is 0 Å². The van der Waals surface area contributed by atoms with Crippen molar-refractivity contribution in [2.24, 2.45) is 7.05 Å². The predicted molar refractivity (Wildman–Crippen MR) is 74.2 cm³/mol. The van der Waals surface area contributed by atoms with E-state index in [4.69, 9.17) is 5.73 Å². The zero-order valence-corrected chi connectivity index (χ0v) is 11.2. The standard InChI is InChI=1S/C14H20N4/c1-4-10(5-2)13-12(14(15)18(3)17-13)11-8-6-7-9-16-11/h6-10H,4-5,15H2,1-3H3. The van der Waals surface area contributed by atoms with Crippen molar-refractivity contribution in [3.8, 4) is 11.3 Å². The molecule has 0 unspecified atom stereocenters. The smallest absolute Gasteiger partial charge is 0.131 e. The lowest BCUT2D eigenvalue weighted by Gasteiger charge is -2.11. The van der Waals surface area contributed by atoms with Gasteiger partial charge in [-0.2, -0.15) is 5.10 Å². The molecule has 0 spiro atoms. The van der Waals surface area contributed by atoms with E-state index >= 15 is 0 Å². The molecule has 0 aliphatic carbocycles. The minimum atomic E-state index is 0.436. The SMILES string of the molecule is CCC(CC)c1nn(C)c(N)c1-c1ccccn1. The quantitative estimate of drug-likeness (QED) is 0.899. The van der Waals surface area contributed by atoms with Crippen LogP contribution < -0.4 is 5.73 Å². The Balaban J connectivity index is 2.58. The third-order valence-electron chi connectivity index (χ3n) is 3.41. The number of anilines is 1. The van der Waals surface area contributed by atoms with Gasteiger partial charge in [0.05, 0.1) is 17.0 Å². The number of aromatic nitrogens is 3. The minimum Gasteiger partial charge on any atom is -0.383 e. The van der Waals surface area contributed by atoms with Gasteiger partial charge in [0, 0.05) is 19.2 Å². The molecule has 4 heteroatoms. The maximum atomic E-state index is 6.14. The Labute approximate surface area is 108 Å². The molecule has 0 saturated heterocycles. The van der Waals surface area contributed by atoms with Gasteiger partial charge in [0.2, 0.25) is 0 Å². The van der Waals surface area contributed by atoms with E-state index < -0.39 is 0 Å². The van der Waals surface area contributed by atoms with Crippen LogP contribution in [0.1, 0.15) is 38.3 Å². The van der Waals surface area contributed by atoms with Crippen molar-refractivity contribution in [1.82, 2.24) is 14.8 Å². The molecule has 0 bridgehead atoms. The number of nitrogens with zero attached hydrogens (tertiary/aromatic N) is 3. The summed E-state index contributed by atoms with van der Waals surface area (Å²) in [5, 5.41) is 4.58. The van der Waals surface area contributed by atoms with Crippen LogP contribution >= 0.6 is 0 Å². The van der Waals surface area contributed by atoms with Crippen LogP contribution in [0, 0.1) is 0 Å². The highest BCUT2D eigenvalue weighted by Crippen LogP contribution is 2.34. The third-order valence-corrected chi connectivity index (χ3v) is 3.41. The monoisotopic (exact) mass is 244 g/mol. The molecule has 0 atom stereocenters. The highest BCUT2D eigenvalue weighted by molar-refractivity contribution is 5.74. The highest BCUT2D eigenvalue weighted by Gasteiger charge is 2.21. The Morgan fingerprint density at radius 2 is 2.00 bits per heavy atom. The summed E-state index contributed by atoms with van der Waals surface area (Å²) in [5.41, 5.74) is 9.11. The van der Waals surface area contributed by atoms with Crippen molar-refractivity contribution >= 4 is 5.82 Å². The molecule has 0 fully saturated rings. The summed E-state index contributed by atoms with van der Waals surface area (Å²) in [6.45, 7) is 4.36. The van der Waals surface area contributed by atoms with E-state index in [9.17, 15) is 0 Å².